The molecule has 0 aliphatic carbocycles. The molecule has 0 bridgehead atoms. The third kappa shape index (κ3) is 5.13. The lowest BCUT2D eigenvalue weighted by molar-refractivity contribution is -0.121. The summed E-state index contributed by atoms with van der Waals surface area (Å²) >= 11 is 1.56. The van der Waals surface area contributed by atoms with Crippen molar-refractivity contribution in [1.82, 2.24) is 5.32 Å². The van der Waals surface area contributed by atoms with E-state index in [4.69, 9.17) is 0 Å². The second kappa shape index (κ2) is 9.09. The number of carbonyl (C=O) groups excluding carboxylic acids is 2. The number of nitrogens with zero attached hydrogens (tertiary/aromatic N) is 1. The summed E-state index contributed by atoms with van der Waals surface area (Å²) < 4.78 is 0. The Bertz CT molecular complexity index is 835. The second-order valence-electron chi connectivity index (χ2n) is 6.94. The van der Waals surface area contributed by atoms with Gasteiger partial charge in [-0.3, -0.25) is 9.59 Å². The van der Waals surface area contributed by atoms with Gasteiger partial charge in [-0.05, 0) is 49.9 Å². The summed E-state index contributed by atoms with van der Waals surface area (Å²) in [6.45, 7) is 5.32. The molecule has 1 aliphatic heterocycles. The predicted molar refractivity (Wildman–Crippen MR) is 111 cm³/mol. The number of amides is 2. The van der Waals surface area contributed by atoms with E-state index in [0.717, 1.165) is 23.4 Å². The summed E-state index contributed by atoms with van der Waals surface area (Å²) in [7, 11) is 0. The van der Waals surface area contributed by atoms with E-state index in [1.54, 1.807) is 16.7 Å². The van der Waals surface area contributed by atoms with Crippen molar-refractivity contribution in [2.45, 2.75) is 38.0 Å². The zero-order valence-electron chi connectivity index (χ0n) is 16.0. The summed E-state index contributed by atoms with van der Waals surface area (Å²) in [4.78, 5) is 27.2. The highest BCUT2D eigenvalue weighted by Crippen LogP contribution is 2.34. The summed E-state index contributed by atoms with van der Waals surface area (Å²) in [5, 5.41) is 2.98. The Morgan fingerprint density at radius 2 is 2.00 bits per heavy atom. The van der Waals surface area contributed by atoms with Gasteiger partial charge >= 0.3 is 0 Å². The Morgan fingerprint density at radius 3 is 2.81 bits per heavy atom. The molecule has 142 valence electrons. The van der Waals surface area contributed by atoms with Crippen molar-refractivity contribution in [1.29, 1.82) is 0 Å². The molecule has 0 atom stereocenters. The number of hydrogen-bond acceptors (Lipinski definition) is 3. The maximum Gasteiger partial charge on any atom is 0.237 e. The molecule has 2 aromatic carbocycles. The van der Waals surface area contributed by atoms with Gasteiger partial charge in [-0.1, -0.05) is 35.9 Å². The van der Waals surface area contributed by atoms with E-state index < -0.39 is 0 Å². The number of para-hydroxylation sites is 1. The number of rotatable bonds is 7. The van der Waals surface area contributed by atoms with E-state index in [1.165, 1.54) is 16.7 Å². The maximum absolute atomic E-state index is 12.2. The van der Waals surface area contributed by atoms with Gasteiger partial charge in [0.05, 0.1) is 11.4 Å². The Balaban J connectivity index is 1.43. The van der Waals surface area contributed by atoms with Crippen LogP contribution in [-0.2, 0) is 16.0 Å². The Kier molecular flexibility index (Phi) is 6.56. The second-order valence-corrected chi connectivity index (χ2v) is 7.95. The first kappa shape index (κ1) is 19.5. The van der Waals surface area contributed by atoms with Crippen LogP contribution < -0.4 is 10.2 Å². The standard InChI is InChI=1S/C22H26N2O2S/c1-16-9-10-18(17(2)14-16)6-5-12-23-21(25)11-13-24-19-7-3-4-8-20(19)27-15-22(24)26/h3-4,7-10,14H,5-6,11-13,15H2,1-2H3,(H,23,25). The lowest BCUT2D eigenvalue weighted by Crippen LogP contribution is -2.38. The highest BCUT2D eigenvalue weighted by atomic mass is 32.2. The molecule has 4 nitrogen and oxygen atoms in total. The molecule has 27 heavy (non-hydrogen) atoms. The first-order chi connectivity index (χ1) is 13.0. The minimum atomic E-state index is -0.000800. The van der Waals surface area contributed by atoms with E-state index in [1.807, 2.05) is 24.3 Å². The lowest BCUT2D eigenvalue weighted by Gasteiger charge is -2.28. The van der Waals surface area contributed by atoms with Crippen molar-refractivity contribution < 1.29 is 9.59 Å². The van der Waals surface area contributed by atoms with Crippen LogP contribution in [0.2, 0.25) is 0 Å². The third-order valence-electron chi connectivity index (χ3n) is 4.81. The van der Waals surface area contributed by atoms with E-state index in [0.29, 0.717) is 25.3 Å². The average molecular weight is 383 g/mol. The van der Waals surface area contributed by atoms with Crippen LogP contribution in [0.1, 0.15) is 29.5 Å². The Morgan fingerprint density at radius 1 is 1.19 bits per heavy atom. The average Bonchev–Trinajstić information content (AvgIpc) is 2.66. The fourth-order valence-electron chi connectivity index (χ4n) is 3.33. The number of benzene rings is 2. The van der Waals surface area contributed by atoms with Gasteiger partial charge in [0.15, 0.2) is 0 Å². The van der Waals surface area contributed by atoms with Crippen LogP contribution in [0.15, 0.2) is 47.4 Å². The van der Waals surface area contributed by atoms with Gasteiger partial charge in [0.2, 0.25) is 11.8 Å². The van der Waals surface area contributed by atoms with Crippen LogP contribution in [-0.4, -0.2) is 30.7 Å². The van der Waals surface area contributed by atoms with Gasteiger partial charge < -0.3 is 10.2 Å². The first-order valence-corrected chi connectivity index (χ1v) is 10.4. The normalized spacial score (nSPS) is 13.4. The molecule has 5 heteroatoms. The molecule has 1 N–H and O–H groups in total. The summed E-state index contributed by atoms with van der Waals surface area (Å²) in [6.07, 6.45) is 2.20. The zero-order valence-corrected chi connectivity index (χ0v) is 16.8. The van der Waals surface area contributed by atoms with Gasteiger partial charge in [0, 0.05) is 24.4 Å². The summed E-state index contributed by atoms with van der Waals surface area (Å²) in [5.41, 5.74) is 4.84. The zero-order chi connectivity index (χ0) is 19.2. The molecule has 0 saturated carbocycles. The monoisotopic (exact) mass is 382 g/mol. The molecule has 0 aromatic heterocycles. The van der Waals surface area contributed by atoms with Crippen molar-refractivity contribution in [3.63, 3.8) is 0 Å². The minimum Gasteiger partial charge on any atom is -0.356 e. The van der Waals surface area contributed by atoms with Crippen molar-refractivity contribution in [3.8, 4) is 0 Å². The number of nitrogens with one attached hydrogen (secondary N) is 1. The molecule has 1 heterocycles. The fraction of sp³-hybridized carbons (Fsp3) is 0.364. The van der Waals surface area contributed by atoms with Crippen LogP contribution >= 0.6 is 11.8 Å². The molecule has 0 saturated heterocycles. The molecule has 2 aromatic rings. The van der Waals surface area contributed by atoms with Crippen molar-refractivity contribution in [2.24, 2.45) is 0 Å². The summed E-state index contributed by atoms with van der Waals surface area (Å²) in [6, 6.07) is 14.4. The third-order valence-corrected chi connectivity index (χ3v) is 5.86. The SMILES string of the molecule is Cc1ccc(CCCNC(=O)CCN2C(=O)CSc3ccccc32)c(C)c1. The molecule has 0 radical (unpaired) electrons. The van der Waals surface area contributed by atoms with Gasteiger partial charge in [0.1, 0.15) is 0 Å². The molecule has 0 spiro atoms. The van der Waals surface area contributed by atoms with E-state index in [9.17, 15) is 9.59 Å². The number of aryl methyl sites for hydroxylation is 3. The van der Waals surface area contributed by atoms with E-state index in [2.05, 4.69) is 37.4 Å². The maximum atomic E-state index is 12.2. The largest absolute Gasteiger partial charge is 0.356 e. The van der Waals surface area contributed by atoms with Crippen LogP contribution in [0.3, 0.4) is 0 Å². The topological polar surface area (TPSA) is 49.4 Å². The van der Waals surface area contributed by atoms with Crippen LogP contribution in [0, 0.1) is 13.8 Å². The lowest BCUT2D eigenvalue weighted by atomic mass is 10.0. The quantitative estimate of drug-likeness (QED) is 0.740. The summed E-state index contributed by atoms with van der Waals surface area (Å²) in [5.74, 6) is 0.509. The van der Waals surface area contributed by atoms with Gasteiger partial charge in [-0.15, -0.1) is 11.8 Å². The number of carbonyl (C=O) groups is 2. The molecule has 0 unspecified atom stereocenters. The Labute approximate surface area is 165 Å². The highest BCUT2D eigenvalue weighted by molar-refractivity contribution is 8.00. The van der Waals surface area contributed by atoms with E-state index in [-0.39, 0.29) is 11.8 Å². The van der Waals surface area contributed by atoms with Crippen LogP contribution in [0.4, 0.5) is 5.69 Å². The molecule has 1 aliphatic rings. The molecular formula is C22H26N2O2S. The van der Waals surface area contributed by atoms with Crippen molar-refractivity contribution >= 4 is 29.3 Å². The molecule has 3 rings (SSSR count). The fourth-order valence-corrected chi connectivity index (χ4v) is 4.27. The van der Waals surface area contributed by atoms with Gasteiger partial charge in [-0.2, -0.15) is 0 Å². The number of thioether (sulfide) groups is 1. The smallest absolute Gasteiger partial charge is 0.237 e. The van der Waals surface area contributed by atoms with Crippen molar-refractivity contribution in [2.75, 3.05) is 23.7 Å². The van der Waals surface area contributed by atoms with Gasteiger partial charge in [-0.25, -0.2) is 0 Å². The molecule has 2 amide bonds. The number of anilines is 1. The molecular weight excluding hydrogens is 356 g/mol. The van der Waals surface area contributed by atoms with Crippen LogP contribution in [0.25, 0.3) is 0 Å². The first-order valence-electron chi connectivity index (χ1n) is 9.39. The highest BCUT2D eigenvalue weighted by Gasteiger charge is 2.24. The number of hydrogen-bond donors (Lipinski definition) is 1. The van der Waals surface area contributed by atoms with E-state index >= 15 is 0 Å². The predicted octanol–water partition coefficient (Wildman–Crippen LogP) is 3.88. The van der Waals surface area contributed by atoms with Crippen LogP contribution in [0.5, 0.6) is 0 Å². The van der Waals surface area contributed by atoms with Gasteiger partial charge in [0.25, 0.3) is 0 Å². The Hall–Kier alpha value is -2.27. The van der Waals surface area contributed by atoms with Crippen molar-refractivity contribution in [3.05, 3.63) is 59.2 Å². The molecule has 0 fully saturated rings. The number of fused-ring (bicyclic) bond motifs is 1. The minimum absolute atomic E-state index is 0.000800.